The first kappa shape index (κ1) is 9.89. The second-order valence-electron chi connectivity index (χ2n) is 2.53. The zero-order valence-corrected chi connectivity index (χ0v) is 7.29. The Bertz CT molecular complexity index is 203. The lowest BCUT2D eigenvalue weighted by Gasteiger charge is -1.86. The number of aldehydes is 1. The standard InChI is InChI=1S/C10H14O/c1-4-5-10(8-11)7-6-9(2)3/h4-8H,1-3H3/b5-4-,10-7+. The fraction of sp³-hybridized carbons (Fsp3) is 0.300. The average Bonchev–Trinajstić information content (AvgIpc) is 1.97. The average molecular weight is 150 g/mol. The Morgan fingerprint density at radius 1 is 1.18 bits per heavy atom. The molecule has 0 saturated heterocycles. The summed E-state index contributed by atoms with van der Waals surface area (Å²) in [5.74, 6) is 0. The Balaban J connectivity index is 4.36. The molecule has 0 atom stereocenters. The molecule has 0 aromatic heterocycles. The van der Waals surface area contributed by atoms with Gasteiger partial charge in [0, 0.05) is 5.57 Å². The molecule has 11 heavy (non-hydrogen) atoms. The van der Waals surface area contributed by atoms with Gasteiger partial charge in [-0.3, -0.25) is 4.79 Å². The molecule has 0 aliphatic carbocycles. The zero-order chi connectivity index (χ0) is 8.69. The lowest BCUT2D eigenvalue weighted by atomic mass is 10.2. The van der Waals surface area contributed by atoms with Crippen molar-refractivity contribution in [2.75, 3.05) is 0 Å². The summed E-state index contributed by atoms with van der Waals surface area (Å²) in [4.78, 5) is 10.4. The maximum absolute atomic E-state index is 10.4. The summed E-state index contributed by atoms with van der Waals surface area (Å²) in [7, 11) is 0. The van der Waals surface area contributed by atoms with Crippen molar-refractivity contribution in [3.63, 3.8) is 0 Å². The highest BCUT2D eigenvalue weighted by Gasteiger charge is 1.83. The van der Waals surface area contributed by atoms with Gasteiger partial charge in [-0.05, 0) is 20.8 Å². The Hall–Kier alpha value is -1.11. The van der Waals surface area contributed by atoms with Crippen LogP contribution in [0.3, 0.4) is 0 Å². The highest BCUT2D eigenvalue weighted by atomic mass is 16.1. The molecule has 0 spiro atoms. The molecular formula is C10H14O. The van der Waals surface area contributed by atoms with E-state index in [1.165, 1.54) is 5.57 Å². The summed E-state index contributed by atoms with van der Waals surface area (Å²) in [6.45, 7) is 5.88. The fourth-order valence-corrected chi connectivity index (χ4v) is 0.589. The van der Waals surface area contributed by atoms with Crippen molar-refractivity contribution in [1.82, 2.24) is 0 Å². The third-order valence-corrected chi connectivity index (χ3v) is 1.10. The van der Waals surface area contributed by atoms with Gasteiger partial charge in [0.05, 0.1) is 0 Å². The maximum Gasteiger partial charge on any atom is 0.150 e. The van der Waals surface area contributed by atoms with E-state index in [0.717, 1.165) is 6.29 Å². The third kappa shape index (κ3) is 5.34. The van der Waals surface area contributed by atoms with Crippen LogP contribution in [0.4, 0.5) is 0 Å². The molecule has 0 heterocycles. The second-order valence-corrected chi connectivity index (χ2v) is 2.53. The van der Waals surface area contributed by atoms with Gasteiger partial charge < -0.3 is 0 Å². The van der Waals surface area contributed by atoms with Crippen LogP contribution >= 0.6 is 0 Å². The van der Waals surface area contributed by atoms with Gasteiger partial charge in [-0.25, -0.2) is 0 Å². The Morgan fingerprint density at radius 3 is 2.18 bits per heavy atom. The Morgan fingerprint density at radius 2 is 1.82 bits per heavy atom. The predicted octanol–water partition coefficient (Wildman–Crippen LogP) is 2.65. The lowest BCUT2D eigenvalue weighted by Crippen LogP contribution is -1.76. The molecule has 0 N–H and O–H groups in total. The van der Waals surface area contributed by atoms with Crippen LogP contribution in [0.1, 0.15) is 20.8 Å². The number of hydrogen-bond donors (Lipinski definition) is 0. The van der Waals surface area contributed by atoms with Crippen molar-refractivity contribution in [2.45, 2.75) is 20.8 Å². The largest absolute Gasteiger partial charge is 0.298 e. The van der Waals surface area contributed by atoms with Crippen molar-refractivity contribution in [2.24, 2.45) is 0 Å². The van der Waals surface area contributed by atoms with Crippen LogP contribution in [0.2, 0.25) is 0 Å². The van der Waals surface area contributed by atoms with Crippen LogP contribution in [0.5, 0.6) is 0 Å². The molecule has 0 rings (SSSR count). The normalized spacial score (nSPS) is 11.7. The van der Waals surface area contributed by atoms with Gasteiger partial charge in [0.15, 0.2) is 0 Å². The first-order chi connectivity index (χ1) is 5.20. The molecule has 0 saturated carbocycles. The number of hydrogen-bond acceptors (Lipinski definition) is 1. The Kier molecular flexibility index (Phi) is 5.09. The fourth-order valence-electron chi connectivity index (χ4n) is 0.589. The monoisotopic (exact) mass is 150 g/mol. The quantitative estimate of drug-likeness (QED) is 0.343. The third-order valence-electron chi connectivity index (χ3n) is 1.10. The van der Waals surface area contributed by atoms with Gasteiger partial charge in [-0.2, -0.15) is 0 Å². The van der Waals surface area contributed by atoms with E-state index in [-0.39, 0.29) is 0 Å². The van der Waals surface area contributed by atoms with Gasteiger partial charge in [0.1, 0.15) is 6.29 Å². The summed E-state index contributed by atoms with van der Waals surface area (Å²) in [5, 5.41) is 0. The number of rotatable bonds is 3. The van der Waals surface area contributed by atoms with Gasteiger partial charge in [0.25, 0.3) is 0 Å². The highest BCUT2D eigenvalue weighted by Crippen LogP contribution is 1.96. The molecule has 1 nitrogen and oxygen atoms in total. The van der Waals surface area contributed by atoms with Gasteiger partial charge in [-0.1, -0.05) is 29.9 Å². The van der Waals surface area contributed by atoms with E-state index in [9.17, 15) is 4.79 Å². The van der Waals surface area contributed by atoms with Crippen molar-refractivity contribution >= 4 is 6.29 Å². The van der Waals surface area contributed by atoms with Crippen LogP contribution in [0, 0.1) is 0 Å². The SMILES string of the molecule is C/C=C\C(C=O)=C/C=C(C)C. The van der Waals surface area contributed by atoms with Crippen LogP contribution in [0.25, 0.3) is 0 Å². The van der Waals surface area contributed by atoms with Crippen LogP contribution < -0.4 is 0 Å². The van der Waals surface area contributed by atoms with Crippen molar-refractivity contribution in [1.29, 1.82) is 0 Å². The molecule has 0 fully saturated rings. The van der Waals surface area contributed by atoms with Crippen LogP contribution in [-0.4, -0.2) is 6.29 Å². The van der Waals surface area contributed by atoms with Gasteiger partial charge >= 0.3 is 0 Å². The topological polar surface area (TPSA) is 17.1 Å². The van der Waals surface area contributed by atoms with Gasteiger partial charge in [0.2, 0.25) is 0 Å². The number of allylic oxidation sites excluding steroid dienone is 6. The summed E-state index contributed by atoms with van der Waals surface area (Å²) in [5.41, 5.74) is 1.89. The molecule has 0 aliphatic heterocycles. The van der Waals surface area contributed by atoms with E-state index in [0.29, 0.717) is 5.57 Å². The first-order valence-corrected chi connectivity index (χ1v) is 3.63. The van der Waals surface area contributed by atoms with E-state index < -0.39 is 0 Å². The predicted molar refractivity (Wildman–Crippen MR) is 48.4 cm³/mol. The van der Waals surface area contributed by atoms with Crippen molar-refractivity contribution < 1.29 is 4.79 Å². The molecule has 1 heteroatoms. The minimum atomic E-state index is 0.703. The molecule has 0 aromatic rings. The summed E-state index contributed by atoms with van der Waals surface area (Å²) < 4.78 is 0. The summed E-state index contributed by atoms with van der Waals surface area (Å²) in [6, 6.07) is 0. The summed E-state index contributed by atoms with van der Waals surface area (Å²) >= 11 is 0. The van der Waals surface area contributed by atoms with Crippen molar-refractivity contribution in [3.05, 3.63) is 35.5 Å². The number of carbonyl (C=O) groups is 1. The summed E-state index contributed by atoms with van der Waals surface area (Å²) in [6.07, 6.45) is 8.21. The molecule has 0 amide bonds. The minimum absolute atomic E-state index is 0.703. The first-order valence-electron chi connectivity index (χ1n) is 3.63. The van der Waals surface area contributed by atoms with Crippen LogP contribution in [0.15, 0.2) is 35.5 Å². The van der Waals surface area contributed by atoms with Crippen LogP contribution in [-0.2, 0) is 4.79 Å². The Labute approximate surface area is 68.1 Å². The molecule has 0 aliphatic rings. The molecule has 0 unspecified atom stereocenters. The van der Waals surface area contributed by atoms with E-state index in [2.05, 4.69) is 0 Å². The second kappa shape index (κ2) is 5.66. The van der Waals surface area contributed by atoms with Gasteiger partial charge in [-0.15, -0.1) is 0 Å². The molecule has 60 valence electrons. The molecule has 0 aromatic carbocycles. The zero-order valence-electron chi connectivity index (χ0n) is 7.29. The maximum atomic E-state index is 10.4. The van der Waals surface area contributed by atoms with E-state index in [4.69, 9.17) is 0 Å². The van der Waals surface area contributed by atoms with E-state index >= 15 is 0 Å². The number of carbonyl (C=O) groups excluding carboxylic acids is 1. The highest BCUT2D eigenvalue weighted by molar-refractivity contribution is 5.77. The lowest BCUT2D eigenvalue weighted by molar-refractivity contribution is -0.104. The molecule has 0 bridgehead atoms. The van der Waals surface area contributed by atoms with E-state index in [1.807, 2.05) is 39.0 Å². The van der Waals surface area contributed by atoms with E-state index in [1.54, 1.807) is 6.08 Å². The smallest absolute Gasteiger partial charge is 0.150 e. The molecular weight excluding hydrogens is 136 g/mol. The minimum Gasteiger partial charge on any atom is -0.298 e. The van der Waals surface area contributed by atoms with Crippen molar-refractivity contribution in [3.8, 4) is 0 Å². The molecule has 0 radical (unpaired) electrons.